The molecule has 3 N–H and O–H groups in total. The first kappa shape index (κ1) is 25.4. The second-order valence-electron chi connectivity index (χ2n) is 9.43. The maximum absolute atomic E-state index is 14.2. The van der Waals surface area contributed by atoms with Crippen molar-refractivity contribution in [1.29, 1.82) is 0 Å². The topological polar surface area (TPSA) is 136 Å². The van der Waals surface area contributed by atoms with Crippen LogP contribution in [0.3, 0.4) is 0 Å². The maximum atomic E-state index is 14.2. The number of halogens is 2. The molecule has 6 rings (SSSR count). The van der Waals surface area contributed by atoms with Gasteiger partial charge in [0, 0.05) is 35.3 Å². The first-order valence-electron chi connectivity index (χ1n) is 12.6. The normalized spacial score (nSPS) is 13.7. The van der Waals surface area contributed by atoms with Gasteiger partial charge in [0.05, 0.1) is 60.5 Å². The summed E-state index contributed by atoms with van der Waals surface area (Å²) in [7, 11) is 0. The Bertz CT molecular complexity index is 1690. The van der Waals surface area contributed by atoms with E-state index in [-0.39, 0.29) is 23.6 Å². The number of pyridine rings is 3. The lowest BCUT2D eigenvalue weighted by molar-refractivity contribution is 0.0658. The average Bonchev–Trinajstić information content (AvgIpc) is 3.41. The van der Waals surface area contributed by atoms with Crippen LogP contribution >= 0.6 is 0 Å². The lowest BCUT2D eigenvalue weighted by Gasteiger charge is -2.27. The highest BCUT2D eigenvalue weighted by molar-refractivity contribution is 5.98. The van der Waals surface area contributed by atoms with Crippen LogP contribution in [0.1, 0.15) is 46.1 Å². The number of rotatable bonds is 6. The summed E-state index contributed by atoms with van der Waals surface area (Å²) in [5.74, 6) is -1.04. The number of amides is 1. The van der Waals surface area contributed by atoms with Crippen molar-refractivity contribution in [3.05, 3.63) is 95.2 Å². The summed E-state index contributed by atoms with van der Waals surface area (Å²) in [6, 6.07) is 6.00. The molecule has 5 aromatic rings. The third kappa shape index (κ3) is 4.62. The van der Waals surface area contributed by atoms with Crippen LogP contribution in [0.4, 0.5) is 14.6 Å². The molecule has 12 heteroatoms. The zero-order valence-electron chi connectivity index (χ0n) is 21.4. The fraction of sp³-hybridized carbons (Fsp3) is 0.214. The predicted octanol–water partition coefficient (Wildman–Crippen LogP) is 4.15. The number of aromatic amines is 1. The number of nitrogens with zero attached hydrogens (tertiary/aromatic N) is 6. The molecule has 1 atom stereocenters. The van der Waals surface area contributed by atoms with Gasteiger partial charge in [0.25, 0.3) is 5.91 Å². The quantitative estimate of drug-likeness (QED) is 0.327. The number of nitrogen functional groups attached to an aromatic ring is 1. The first-order chi connectivity index (χ1) is 19.4. The Morgan fingerprint density at radius 2 is 1.90 bits per heavy atom. The summed E-state index contributed by atoms with van der Waals surface area (Å²) in [6.45, 7) is 2.83. The molecule has 0 aromatic carbocycles. The van der Waals surface area contributed by atoms with Gasteiger partial charge in [-0.25, -0.2) is 23.7 Å². The second-order valence-corrected chi connectivity index (χ2v) is 9.43. The zero-order chi connectivity index (χ0) is 27.8. The first-order valence-corrected chi connectivity index (χ1v) is 12.6. The lowest BCUT2D eigenvalue weighted by atomic mass is 10.0. The SMILES string of the molecule is C[C@H](c1ncccn1)N(Cc1ccc(-c2c(F)cncc2F)cn1)C(=O)c1cc2nc(N)c3c(c2[nH]1)COCC3. The number of nitrogens with one attached hydrogen (secondary N) is 1. The van der Waals surface area contributed by atoms with Crippen molar-refractivity contribution in [2.45, 2.75) is 32.5 Å². The van der Waals surface area contributed by atoms with Crippen LogP contribution in [0.5, 0.6) is 0 Å². The van der Waals surface area contributed by atoms with E-state index >= 15 is 0 Å². The molecule has 1 aliphatic rings. The van der Waals surface area contributed by atoms with Gasteiger partial charge in [0.1, 0.15) is 17.3 Å². The van der Waals surface area contributed by atoms with Crippen molar-refractivity contribution in [3.8, 4) is 11.1 Å². The number of fused-ring (bicyclic) bond motifs is 3. The van der Waals surface area contributed by atoms with E-state index in [4.69, 9.17) is 10.5 Å². The highest BCUT2D eigenvalue weighted by Crippen LogP contribution is 2.31. The Hall–Kier alpha value is -4.84. The fourth-order valence-corrected chi connectivity index (χ4v) is 4.90. The largest absolute Gasteiger partial charge is 0.383 e. The molecule has 10 nitrogen and oxygen atoms in total. The third-order valence-corrected chi connectivity index (χ3v) is 6.97. The van der Waals surface area contributed by atoms with E-state index in [1.165, 1.54) is 6.20 Å². The molecule has 6 heterocycles. The molecular weight excluding hydrogens is 518 g/mol. The summed E-state index contributed by atoms with van der Waals surface area (Å²) < 4.78 is 34.1. The van der Waals surface area contributed by atoms with Crippen molar-refractivity contribution in [3.63, 3.8) is 0 Å². The minimum atomic E-state index is -0.790. The van der Waals surface area contributed by atoms with Crippen LogP contribution in [0.15, 0.2) is 55.2 Å². The average molecular weight is 543 g/mol. The van der Waals surface area contributed by atoms with Gasteiger partial charge in [-0.1, -0.05) is 6.07 Å². The van der Waals surface area contributed by atoms with E-state index < -0.39 is 17.7 Å². The monoisotopic (exact) mass is 542 g/mol. The van der Waals surface area contributed by atoms with Gasteiger partial charge < -0.3 is 20.4 Å². The van der Waals surface area contributed by atoms with Gasteiger partial charge in [0.15, 0.2) is 11.6 Å². The van der Waals surface area contributed by atoms with E-state index in [1.807, 2.05) is 6.92 Å². The summed E-state index contributed by atoms with van der Waals surface area (Å²) >= 11 is 0. The molecule has 0 unspecified atom stereocenters. The molecule has 1 aliphatic heterocycles. The molecule has 0 spiro atoms. The predicted molar refractivity (Wildman–Crippen MR) is 142 cm³/mol. The minimum absolute atomic E-state index is 0.0754. The van der Waals surface area contributed by atoms with E-state index in [1.54, 1.807) is 41.6 Å². The van der Waals surface area contributed by atoms with Crippen LogP contribution in [0.2, 0.25) is 0 Å². The number of nitrogens with two attached hydrogens (primary N) is 1. The molecule has 0 saturated carbocycles. The van der Waals surface area contributed by atoms with E-state index in [0.29, 0.717) is 53.7 Å². The Kier molecular flexibility index (Phi) is 6.60. The molecule has 5 aromatic heterocycles. The van der Waals surface area contributed by atoms with Gasteiger partial charge in [-0.2, -0.15) is 0 Å². The number of hydrogen-bond acceptors (Lipinski definition) is 8. The van der Waals surface area contributed by atoms with Crippen molar-refractivity contribution < 1.29 is 18.3 Å². The van der Waals surface area contributed by atoms with Crippen molar-refractivity contribution in [1.82, 2.24) is 34.8 Å². The Balaban J connectivity index is 1.36. The Labute approximate surface area is 227 Å². The Morgan fingerprint density at radius 3 is 2.62 bits per heavy atom. The lowest BCUT2D eigenvalue weighted by Crippen LogP contribution is -2.34. The summed E-state index contributed by atoms with van der Waals surface area (Å²) in [5, 5.41) is 0. The van der Waals surface area contributed by atoms with Crippen LogP contribution in [-0.2, 0) is 24.3 Å². The fourth-order valence-electron chi connectivity index (χ4n) is 4.90. The van der Waals surface area contributed by atoms with Gasteiger partial charge in [-0.3, -0.25) is 14.8 Å². The van der Waals surface area contributed by atoms with Crippen LogP contribution in [0, 0.1) is 11.6 Å². The second kappa shape index (κ2) is 10.4. The number of ether oxygens (including phenoxy) is 1. The van der Waals surface area contributed by atoms with Crippen LogP contribution < -0.4 is 5.73 Å². The maximum Gasteiger partial charge on any atom is 0.271 e. The summed E-state index contributed by atoms with van der Waals surface area (Å²) in [6.07, 6.45) is 7.12. The van der Waals surface area contributed by atoms with E-state index in [9.17, 15) is 13.6 Å². The highest BCUT2D eigenvalue weighted by Gasteiger charge is 2.28. The number of carbonyl (C=O) groups excluding carboxylic acids is 1. The van der Waals surface area contributed by atoms with Gasteiger partial charge in [-0.05, 0) is 31.5 Å². The van der Waals surface area contributed by atoms with Crippen LogP contribution in [-0.4, -0.2) is 47.3 Å². The van der Waals surface area contributed by atoms with Crippen molar-refractivity contribution >= 4 is 22.8 Å². The van der Waals surface area contributed by atoms with Gasteiger partial charge in [0.2, 0.25) is 0 Å². The van der Waals surface area contributed by atoms with Gasteiger partial charge >= 0.3 is 0 Å². The van der Waals surface area contributed by atoms with Gasteiger partial charge in [-0.15, -0.1) is 0 Å². The third-order valence-electron chi connectivity index (χ3n) is 6.97. The molecule has 0 saturated heterocycles. The molecule has 0 bridgehead atoms. The van der Waals surface area contributed by atoms with Crippen LogP contribution in [0.25, 0.3) is 22.2 Å². The molecule has 0 aliphatic carbocycles. The Morgan fingerprint density at radius 1 is 1.12 bits per heavy atom. The number of carbonyl (C=O) groups is 1. The van der Waals surface area contributed by atoms with Crippen molar-refractivity contribution in [2.24, 2.45) is 0 Å². The van der Waals surface area contributed by atoms with E-state index in [2.05, 4.69) is 29.9 Å². The molecule has 0 fully saturated rings. The molecule has 0 radical (unpaired) electrons. The van der Waals surface area contributed by atoms with E-state index in [0.717, 1.165) is 23.5 Å². The molecule has 40 heavy (non-hydrogen) atoms. The highest BCUT2D eigenvalue weighted by atomic mass is 19.1. The number of H-pyrrole nitrogens is 1. The van der Waals surface area contributed by atoms with Crippen molar-refractivity contribution in [2.75, 3.05) is 12.3 Å². The number of hydrogen-bond donors (Lipinski definition) is 2. The standard InChI is InChI=1S/C28H24F2N8O2/c1-15(27-33-6-2-7-34-27)38(13-17-4-3-16(10-35-17)24-20(29)11-32-12-21(24)30)28(39)23-9-22-25(36-23)19-14-40-8-5-18(19)26(31)37-22/h2-4,6-7,9-12,15,36H,5,8,13-14H2,1H3,(H2,31,37)/t15-/m1/s1. The minimum Gasteiger partial charge on any atom is -0.383 e. The summed E-state index contributed by atoms with van der Waals surface area (Å²) in [4.78, 5) is 39.9. The molecule has 1 amide bonds. The number of aromatic nitrogens is 6. The molecule has 202 valence electrons. The zero-order valence-corrected chi connectivity index (χ0v) is 21.4. The number of anilines is 1. The smallest absolute Gasteiger partial charge is 0.271 e. The summed E-state index contributed by atoms with van der Waals surface area (Å²) in [5.41, 5.74) is 10.1. The molecular formula is C28H24F2N8O2.